The lowest BCUT2D eigenvalue weighted by Crippen LogP contribution is -2.27. The number of rotatable bonds is 1. The van der Waals surface area contributed by atoms with E-state index in [1.165, 1.54) is 16.8 Å². The molecule has 0 aromatic heterocycles. The van der Waals surface area contributed by atoms with Crippen molar-refractivity contribution in [1.82, 2.24) is 0 Å². The molecule has 0 radical (unpaired) electrons. The number of hydrogen-bond acceptors (Lipinski definition) is 2. The van der Waals surface area contributed by atoms with Gasteiger partial charge in [-0.1, -0.05) is 46.3 Å². The minimum absolute atomic E-state index is 0.137. The Morgan fingerprint density at radius 1 is 1.15 bits per heavy atom. The first kappa shape index (κ1) is 13.7. The van der Waals surface area contributed by atoms with Crippen molar-refractivity contribution in [3.05, 3.63) is 64.1 Å². The fourth-order valence-corrected chi connectivity index (χ4v) is 3.09. The number of likely N-dealkylation sites (N-methyl/N-ethyl adjacent to an activating group) is 1. The van der Waals surface area contributed by atoms with Crippen LogP contribution in [-0.2, 0) is 11.2 Å². The Morgan fingerprint density at radius 2 is 1.95 bits per heavy atom. The van der Waals surface area contributed by atoms with E-state index in [2.05, 4.69) is 70.3 Å². The highest BCUT2D eigenvalue weighted by molar-refractivity contribution is 9.10. The highest BCUT2D eigenvalue weighted by Crippen LogP contribution is 2.31. The van der Waals surface area contributed by atoms with Crippen LogP contribution in [0.3, 0.4) is 0 Å². The van der Waals surface area contributed by atoms with Crippen molar-refractivity contribution in [2.45, 2.75) is 12.5 Å². The second kappa shape index (κ2) is 5.98. The molecule has 20 heavy (non-hydrogen) atoms. The normalized spacial score (nSPS) is 19.1. The molecule has 0 amide bonds. The summed E-state index contributed by atoms with van der Waals surface area (Å²) in [4.78, 5) is 2.27. The van der Waals surface area contributed by atoms with E-state index in [0.717, 1.165) is 24.0 Å². The summed E-state index contributed by atoms with van der Waals surface area (Å²) < 4.78 is 7.20. The Morgan fingerprint density at radius 3 is 2.75 bits per heavy atom. The molecular weight excluding hydrogens is 314 g/mol. The Kier molecular flexibility index (Phi) is 4.08. The summed E-state index contributed by atoms with van der Waals surface area (Å²) in [6, 6.07) is 17.0. The van der Waals surface area contributed by atoms with Crippen molar-refractivity contribution in [3.8, 4) is 0 Å². The van der Waals surface area contributed by atoms with E-state index in [-0.39, 0.29) is 6.10 Å². The van der Waals surface area contributed by atoms with E-state index < -0.39 is 0 Å². The predicted molar refractivity (Wildman–Crippen MR) is 86.3 cm³/mol. The summed E-state index contributed by atoms with van der Waals surface area (Å²) in [6.45, 7) is 1.67. The largest absolute Gasteiger partial charge is 0.372 e. The van der Waals surface area contributed by atoms with Gasteiger partial charge in [0.25, 0.3) is 0 Å². The molecule has 0 fully saturated rings. The summed E-state index contributed by atoms with van der Waals surface area (Å²) >= 11 is 3.57. The molecule has 1 atom stereocenters. The van der Waals surface area contributed by atoms with Crippen molar-refractivity contribution >= 4 is 21.6 Å². The van der Waals surface area contributed by atoms with Gasteiger partial charge in [0, 0.05) is 30.2 Å². The van der Waals surface area contributed by atoms with Gasteiger partial charge < -0.3 is 9.64 Å². The van der Waals surface area contributed by atoms with E-state index in [0.29, 0.717) is 0 Å². The Bertz CT molecular complexity index is 585. The SMILES string of the molecule is CN1CCOC(c2ccccc2)Cc2cc(Br)ccc21. The number of benzene rings is 2. The van der Waals surface area contributed by atoms with Gasteiger partial charge in [-0.05, 0) is 29.3 Å². The van der Waals surface area contributed by atoms with Crippen LogP contribution in [0.15, 0.2) is 53.0 Å². The fraction of sp³-hybridized carbons (Fsp3) is 0.294. The first-order chi connectivity index (χ1) is 9.74. The lowest BCUT2D eigenvalue weighted by molar-refractivity contribution is 0.0560. The number of fused-ring (bicyclic) bond motifs is 1. The molecule has 2 nitrogen and oxygen atoms in total. The monoisotopic (exact) mass is 331 g/mol. The average Bonchev–Trinajstić information content (AvgIpc) is 2.45. The third-order valence-corrected chi connectivity index (χ3v) is 4.27. The molecule has 1 aliphatic rings. The van der Waals surface area contributed by atoms with Crippen LogP contribution in [-0.4, -0.2) is 20.2 Å². The third-order valence-electron chi connectivity index (χ3n) is 3.78. The van der Waals surface area contributed by atoms with Gasteiger partial charge in [0.15, 0.2) is 0 Å². The molecule has 2 aromatic carbocycles. The van der Waals surface area contributed by atoms with Crippen LogP contribution in [0.4, 0.5) is 5.69 Å². The second-order valence-corrected chi connectivity index (χ2v) is 6.08. The average molecular weight is 332 g/mol. The maximum atomic E-state index is 6.08. The number of ether oxygens (including phenoxy) is 1. The van der Waals surface area contributed by atoms with E-state index in [9.17, 15) is 0 Å². The molecule has 0 N–H and O–H groups in total. The molecule has 104 valence electrons. The Balaban J connectivity index is 1.96. The first-order valence-corrected chi connectivity index (χ1v) is 7.69. The van der Waals surface area contributed by atoms with Crippen molar-refractivity contribution in [2.24, 2.45) is 0 Å². The molecule has 3 heteroatoms. The minimum atomic E-state index is 0.137. The Labute approximate surface area is 128 Å². The zero-order valence-corrected chi connectivity index (χ0v) is 13.1. The summed E-state index contributed by atoms with van der Waals surface area (Å²) in [5, 5.41) is 0. The molecule has 0 saturated heterocycles. The van der Waals surface area contributed by atoms with Crippen LogP contribution < -0.4 is 4.90 Å². The van der Waals surface area contributed by atoms with Gasteiger partial charge in [-0.3, -0.25) is 0 Å². The van der Waals surface area contributed by atoms with E-state index >= 15 is 0 Å². The topological polar surface area (TPSA) is 12.5 Å². The molecule has 0 spiro atoms. The smallest absolute Gasteiger partial charge is 0.0866 e. The van der Waals surface area contributed by atoms with Gasteiger partial charge >= 0.3 is 0 Å². The van der Waals surface area contributed by atoms with Crippen LogP contribution in [0.25, 0.3) is 0 Å². The zero-order chi connectivity index (χ0) is 13.9. The molecule has 0 saturated carbocycles. The van der Waals surface area contributed by atoms with Crippen LogP contribution in [0.2, 0.25) is 0 Å². The number of anilines is 1. The van der Waals surface area contributed by atoms with Crippen molar-refractivity contribution in [3.63, 3.8) is 0 Å². The van der Waals surface area contributed by atoms with Gasteiger partial charge in [0.1, 0.15) is 0 Å². The van der Waals surface area contributed by atoms with Gasteiger partial charge in [-0.25, -0.2) is 0 Å². The molecule has 0 bridgehead atoms. The molecule has 3 rings (SSSR count). The number of nitrogens with zero attached hydrogens (tertiary/aromatic N) is 1. The van der Waals surface area contributed by atoms with Crippen molar-refractivity contribution < 1.29 is 4.74 Å². The van der Waals surface area contributed by atoms with Gasteiger partial charge in [0.05, 0.1) is 12.7 Å². The van der Waals surface area contributed by atoms with Gasteiger partial charge in [0.2, 0.25) is 0 Å². The lowest BCUT2D eigenvalue weighted by Gasteiger charge is -2.29. The van der Waals surface area contributed by atoms with Gasteiger partial charge in [-0.15, -0.1) is 0 Å². The summed E-state index contributed by atoms with van der Waals surface area (Å²) in [6.07, 6.45) is 1.04. The summed E-state index contributed by atoms with van der Waals surface area (Å²) in [5.41, 5.74) is 3.89. The standard InChI is InChI=1S/C17H18BrNO/c1-19-9-10-20-17(13-5-3-2-4-6-13)12-14-11-15(18)7-8-16(14)19/h2-8,11,17H,9-10,12H2,1H3. The Hall–Kier alpha value is -1.32. The van der Waals surface area contributed by atoms with Crippen LogP contribution in [0.5, 0.6) is 0 Å². The lowest BCUT2D eigenvalue weighted by atomic mass is 9.99. The maximum absolute atomic E-state index is 6.08. The van der Waals surface area contributed by atoms with Crippen molar-refractivity contribution in [2.75, 3.05) is 25.1 Å². The van der Waals surface area contributed by atoms with E-state index in [1.807, 2.05) is 6.07 Å². The second-order valence-electron chi connectivity index (χ2n) is 5.17. The highest BCUT2D eigenvalue weighted by Gasteiger charge is 2.19. The van der Waals surface area contributed by atoms with E-state index in [1.54, 1.807) is 0 Å². The number of halogens is 1. The van der Waals surface area contributed by atoms with Crippen LogP contribution in [0.1, 0.15) is 17.2 Å². The van der Waals surface area contributed by atoms with Crippen LogP contribution >= 0.6 is 15.9 Å². The van der Waals surface area contributed by atoms with Crippen LogP contribution in [0, 0.1) is 0 Å². The summed E-state index contributed by atoms with van der Waals surface area (Å²) in [5.74, 6) is 0. The molecule has 2 aromatic rings. The minimum Gasteiger partial charge on any atom is -0.372 e. The summed E-state index contributed by atoms with van der Waals surface area (Å²) in [7, 11) is 2.12. The highest BCUT2D eigenvalue weighted by atomic mass is 79.9. The molecule has 1 unspecified atom stereocenters. The maximum Gasteiger partial charge on any atom is 0.0866 e. The quantitative estimate of drug-likeness (QED) is 0.776. The first-order valence-electron chi connectivity index (χ1n) is 6.90. The number of hydrogen-bond donors (Lipinski definition) is 0. The van der Waals surface area contributed by atoms with Gasteiger partial charge in [-0.2, -0.15) is 0 Å². The molecular formula is C17H18BrNO. The molecule has 1 heterocycles. The van der Waals surface area contributed by atoms with Crippen molar-refractivity contribution in [1.29, 1.82) is 0 Å². The molecule has 1 aliphatic heterocycles. The van der Waals surface area contributed by atoms with E-state index in [4.69, 9.17) is 4.74 Å². The predicted octanol–water partition coefficient (Wildman–Crippen LogP) is 4.20. The fourth-order valence-electron chi connectivity index (χ4n) is 2.68. The molecule has 0 aliphatic carbocycles. The zero-order valence-electron chi connectivity index (χ0n) is 11.6. The third kappa shape index (κ3) is 2.89.